The Hall–Kier alpha value is 0.670. The van der Waals surface area contributed by atoms with Crippen LogP contribution >= 0.6 is 0 Å². The van der Waals surface area contributed by atoms with Gasteiger partial charge in [-0.25, -0.2) is 0 Å². The molecular formula is C18H35NaO. The molecule has 0 saturated heterocycles. The molecule has 20 heavy (non-hydrogen) atoms. The van der Waals surface area contributed by atoms with Crippen LogP contribution in [0.25, 0.3) is 0 Å². The molecule has 0 spiro atoms. The SMILES string of the molecule is CCCCCCCCCCCCCCCCC[C](=O)[Na]. The molecule has 2 heteroatoms. The Balaban J connectivity index is 2.94. The van der Waals surface area contributed by atoms with E-state index < -0.39 is 0 Å². The second-order valence-electron chi connectivity index (χ2n) is 6.40. The van der Waals surface area contributed by atoms with Gasteiger partial charge in [-0.1, -0.05) is 39.0 Å². The standard InChI is InChI=1S/C18H35O.Na/c1-2-3-4-5-6-7-8-9-10-11-12-13-14-15-16-17-18-19;/h2-17H2,1H3;. The summed E-state index contributed by atoms with van der Waals surface area (Å²) in [6.45, 7) is 2.28. The van der Waals surface area contributed by atoms with Crippen LogP contribution in [-0.2, 0) is 4.79 Å². The number of carbonyl (C=O) groups is 1. The maximum atomic E-state index is 10.8. The Kier molecular flexibility index (Phi) is 18.3. The molecule has 0 aromatic rings. The van der Waals surface area contributed by atoms with Crippen LogP contribution in [0.2, 0.25) is 0 Å². The van der Waals surface area contributed by atoms with Crippen molar-refractivity contribution in [3.8, 4) is 0 Å². The van der Waals surface area contributed by atoms with Crippen molar-refractivity contribution in [3.63, 3.8) is 0 Å². The van der Waals surface area contributed by atoms with Gasteiger partial charge >= 0.3 is 106 Å². The van der Waals surface area contributed by atoms with E-state index in [0.717, 1.165) is 40.8 Å². The van der Waals surface area contributed by atoms with Crippen molar-refractivity contribution in [1.82, 2.24) is 0 Å². The molecule has 0 atom stereocenters. The monoisotopic (exact) mass is 290 g/mol. The van der Waals surface area contributed by atoms with Crippen molar-refractivity contribution in [2.75, 3.05) is 0 Å². The molecule has 1 nitrogen and oxygen atoms in total. The van der Waals surface area contributed by atoms with Gasteiger partial charge < -0.3 is 0 Å². The molecule has 0 radical (unpaired) electrons. The van der Waals surface area contributed by atoms with Gasteiger partial charge in [0.05, 0.1) is 0 Å². The van der Waals surface area contributed by atoms with Gasteiger partial charge in [0.15, 0.2) is 0 Å². The molecular weight excluding hydrogens is 255 g/mol. The van der Waals surface area contributed by atoms with Crippen molar-refractivity contribution in [2.45, 2.75) is 110 Å². The molecule has 114 valence electrons. The number of unbranched alkanes of at least 4 members (excludes halogenated alkanes) is 14. The third-order valence-electron chi connectivity index (χ3n) is 4.13. The van der Waals surface area contributed by atoms with Gasteiger partial charge in [0.1, 0.15) is 0 Å². The molecule has 0 rings (SSSR count). The molecule has 0 unspecified atom stereocenters. The predicted molar refractivity (Wildman–Crippen MR) is 90.3 cm³/mol. The van der Waals surface area contributed by atoms with Crippen LogP contribution in [-0.4, -0.2) is 31.0 Å². The molecule has 0 aliphatic heterocycles. The van der Waals surface area contributed by atoms with Gasteiger partial charge in [0.25, 0.3) is 0 Å². The molecule has 0 aromatic carbocycles. The average Bonchev–Trinajstić information content (AvgIpc) is 2.43. The zero-order valence-corrected chi connectivity index (χ0v) is 16.2. The van der Waals surface area contributed by atoms with Crippen molar-refractivity contribution >= 4 is 31.0 Å². The normalized spacial score (nSPS) is 10.9. The molecule has 0 amide bonds. The van der Waals surface area contributed by atoms with Crippen LogP contribution in [0.15, 0.2) is 0 Å². The first kappa shape index (κ1) is 20.7. The van der Waals surface area contributed by atoms with E-state index >= 15 is 0 Å². The minimum atomic E-state index is 0.486. The number of hydrogen-bond donors (Lipinski definition) is 0. The molecule has 0 heterocycles. The average molecular weight is 290 g/mol. The summed E-state index contributed by atoms with van der Waals surface area (Å²) >= 11 is 0.751. The number of hydrogen-bond acceptors (Lipinski definition) is 1. The van der Waals surface area contributed by atoms with E-state index in [1.807, 2.05) is 0 Å². The van der Waals surface area contributed by atoms with Crippen LogP contribution in [0.1, 0.15) is 110 Å². The van der Waals surface area contributed by atoms with Gasteiger partial charge in [0, 0.05) is 0 Å². The van der Waals surface area contributed by atoms with E-state index in [1.54, 1.807) is 0 Å². The Morgan fingerprint density at radius 3 is 1.20 bits per heavy atom. The van der Waals surface area contributed by atoms with Crippen LogP contribution in [0.4, 0.5) is 0 Å². The topological polar surface area (TPSA) is 17.1 Å². The minimum absolute atomic E-state index is 0.486. The first-order chi connectivity index (χ1) is 9.77. The van der Waals surface area contributed by atoms with Crippen molar-refractivity contribution in [1.29, 1.82) is 0 Å². The van der Waals surface area contributed by atoms with Crippen molar-refractivity contribution in [3.05, 3.63) is 0 Å². The summed E-state index contributed by atoms with van der Waals surface area (Å²) < 4.78 is 0.486. The van der Waals surface area contributed by atoms with Crippen LogP contribution in [0, 0.1) is 0 Å². The second-order valence-corrected chi connectivity index (χ2v) is 7.52. The zero-order valence-electron chi connectivity index (χ0n) is 14.2. The number of carbonyl (C=O) groups excluding carboxylic acids is 1. The summed E-state index contributed by atoms with van der Waals surface area (Å²) in [5.74, 6) is 0. The Bertz CT molecular complexity index is 204. The Labute approximate surface area is 145 Å². The molecule has 0 bridgehead atoms. The summed E-state index contributed by atoms with van der Waals surface area (Å²) in [4.78, 5) is 10.8. The quantitative estimate of drug-likeness (QED) is 0.254. The maximum absolute atomic E-state index is 10.8. The first-order valence-electron chi connectivity index (χ1n) is 9.26. The van der Waals surface area contributed by atoms with E-state index in [4.69, 9.17) is 0 Å². The van der Waals surface area contributed by atoms with Gasteiger partial charge in [-0.15, -0.1) is 0 Å². The van der Waals surface area contributed by atoms with E-state index in [0.29, 0.717) is 3.03 Å². The number of rotatable bonds is 16. The van der Waals surface area contributed by atoms with E-state index in [-0.39, 0.29) is 0 Å². The van der Waals surface area contributed by atoms with Gasteiger partial charge in [-0.3, -0.25) is 0 Å². The van der Waals surface area contributed by atoms with Crippen LogP contribution < -0.4 is 0 Å². The molecule has 0 aliphatic rings. The van der Waals surface area contributed by atoms with Crippen molar-refractivity contribution < 1.29 is 4.79 Å². The first-order valence-corrected chi connectivity index (χ1v) is 10.3. The van der Waals surface area contributed by atoms with E-state index in [2.05, 4.69) is 6.92 Å². The van der Waals surface area contributed by atoms with Gasteiger partial charge in [-0.05, 0) is 0 Å². The van der Waals surface area contributed by atoms with Gasteiger partial charge in [0.2, 0.25) is 0 Å². The van der Waals surface area contributed by atoms with Crippen molar-refractivity contribution in [2.24, 2.45) is 0 Å². The van der Waals surface area contributed by atoms with Crippen LogP contribution in [0.5, 0.6) is 0 Å². The summed E-state index contributed by atoms with van der Waals surface area (Å²) in [5, 5.41) is 0. The fraction of sp³-hybridized carbons (Fsp3) is 0.944. The molecule has 0 aromatic heterocycles. The van der Waals surface area contributed by atoms with Gasteiger partial charge in [-0.2, -0.15) is 0 Å². The fourth-order valence-corrected chi connectivity index (χ4v) is 3.10. The summed E-state index contributed by atoms with van der Waals surface area (Å²) in [6.07, 6.45) is 21.8. The fourth-order valence-electron chi connectivity index (χ4n) is 2.75. The molecule has 0 saturated carbocycles. The molecule has 0 aliphatic carbocycles. The Morgan fingerprint density at radius 1 is 0.600 bits per heavy atom. The van der Waals surface area contributed by atoms with E-state index in [9.17, 15) is 4.79 Å². The summed E-state index contributed by atoms with van der Waals surface area (Å²) in [6, 6.07) is 0. The zero-order chi connectivity index (χ0) is 14.9. The summed E-state index contributed by atoms with van der Waals surface area (Å²) in [7, 11) is 0. The molecule has 0 N–H and O–H groups in total. The molecule has 0 fully saturated rings. The Morgan fingerprint density at radius 2 is 0.900 bits per heavy atom. The van der Waals surface area contributed by atoms with E-state index in [1.165, 1.54) is 89.9 Å². The second kappa shape index (κ2) is 17.7. The predicted octanol–water partition coefficient (Wildman–Crippen LogP) is 5.94. The third kappa shape index (κ3) is 18.7. The third-order valence-corrected chi connectivity index (χ3v) is 4.63. The summed E-state index contributed by atoms with van der Waals surface area (Å²) in [5.41, 5.74) is 0. The van der Waals surface area contributed by atoms with Crippen LogP contribution in [0.3, 0.4) is 0 Å².